The fourth-order valence-corrected chi connectivity index (χ4v) is 3.97. The fourth-order valence-electron chi connectivity index (χ4n) is 3.30. The molecule has 4 N–H and O–H groups in total. The fraction of sp³-hybridized carbons (Fsp3) is 0.0435. The van der Waals surface area contributed by atoms with Gasteiger partial charge in [0.2, 0.25) is 5.88 Å². The van der Waals surface area contributed by atoms with Gasteiger partial charge < -0.3 is 15.2 Å². The number of aromatic nitrogens is 2. The Morgan fingerprint density at radius 1 is 1.10 bits per heavy atom. The number of fused-ring (bicyclic) bond motifs is 1. The lowest BCUT2D eigenvalue weighted by Gasteiger charge is -2.14. The second-order valence-electron chi connectivity index (χ2n) is 6.84. The molecule has 0 bridgehead atoms. The average Bonchev–Trinajstić information content (AvgIpc) is 3.52. The van der Waals surface area contributed by atoms with E-state index >= 15 is 0 Å². The van der Waals surface area contributed by atoms with Crippen LogP contribution in [0.5, 0.6) is 0 Å². The van der Waals surface area contributed by atoms with E-state index in [1.807, 2.05) is 60.7 Å². The third-order valence-corrected chi connectivity index (χ3v) is 5.70. The predicted molar refractivity (Wildman–Crippen MR) is 121 cm³/mol. The summed E-state index contributed by atoms with van der Waals surface area (Å²) in [6.45, 7) is 0. The van der Waals surface area contributed by atoms with Gasteiger partial charge in [-0.1, -0.05) is 48.5 Å². The summed E-state index contributed by atoms with van der Waals surface area (Å²) >= 11 is 1.21. The van der Waals surface area contributed by atoms with Crippen molar-refractivity contribution in [3.05, 3.63) is 94.5 Å². The van der Waals surface area contributed by atoms with Crippen LogP contribution in [0.4, 0.5) is 5.00 Å². The van der Waals surface area contributed by atoms with Crippen LogP contribution in [0.25, 0.3) is 23.1 Å². The number of amides is 1. The van der Waals surface area contributed by atoms with E-state index < -0.39 is 6.29 Å². The van der Waals surface area contributed by atoms with Crippen LogP contribution in [-0.4, -0.2) is 16.1 Å². The number of anilines is 1. The van der Waals surface area contributed by atoms with Gasteiger partial charge in [-0.2, -0.15) is 5.10 Å². The highest BCUT2D eigenvalue weighted by Gasteiger charge is 2.25. The molecule has 5 rings (SSSR count). The smallest absolute Gasteiger partial charge is 0.269 e. The second kappa shape index (κ2) is 8.00. The van der Waals surface area contributed by atoms with Crippen molar-refractivity contribution in [1.29, 1.82) is 0 Å². The number of nitrogens with two attached hydrogens (primary N) is 1. The van der Waals surface area contributed by atoms with E-state index in [0.717, 1.165) is 27.7 Å². The van der Waals surface area contributed by atoms with E-state index in [1.54, 1.807) is 12.1 Å². The molecule has 1 atom stereocenters. The van der Waals surface area contributed by atoms with Gasteiger partial charge in [-0.25, -0.2) is 0 Å². The number of nitrogens with one attached hydrogen (secondary N) is 2. The molecule has 31 heavy (non-hydrogen) atoms. The maximum atomic E-state index is 12.3. The van der Waals surface area contributed by atoms with E-state index in [1.165, 1.54) is 17.6 Å². The van der Waals surface area contributed by atoms with E-state index in [4.69, 9.17) is 15.2 Å². The first-order chi connectivity index (χ1) is 15.2. The quantitative estimate of drug-likeness (QED) is 0.428. The molecule has 0 fully saturated rings. The van der Waals surface area contributed by atoms with Crippen LogP contribution in [0.1, 0.15) is 32.8 Å². The number of H-pyrrole nitrogens is 1. The van der Waals surface area contributed by atoms with E-state index in [2.05, 4.69) is 15.5 Å². The van der Waals surface area contributed by atoms with E-state index in [0.29, 0.717) is 9.88 Å². The molecule has 0 spiro atoms. The van der Waals surface area contributed by atoms with Crippen molar-refractivity contribution in [2.45, 2.75) is 6.29 Å². The molecule has 3 heterocycles. The van der Waals surface area contributed by atoms with Crippen LogP contribution in [0, 0.1) is 0 Å². The maximum absolute atomic E-state index is 12.3. The van der Waals surface area contributed by atoms with Crippen LogP contribution in [0.3, 0.4) is 0 Å². The van der Waals surface area contributed by atoms with E-state index in [-0.39, 0.29) is 11.8 Å². The number of para-hydroxylation sites is 1. The normalized spacial score (nSPS) is 15.6. The maximum Gasteiger partial charge on any atom is 0.269 e. The third kappa shape index (κ3) is 3.88. The highest BCUT2D eigenvalue weighted by molar-refractivity contribution is 7.17. The van der Waals surface area contributed by atoms with Crippen LogP contribution >= 0.6 is 11.3 Å². The van der Waals surface area contributed by atoms with Crippen LogP contribution < -0.4 is 11.1 Å². The Labute approximate surface area is 181 Å². The summed E-state index contributed by atoms with van der Waals surface area (Å²) in [7, 11) is 0. The first kappa shape index (κ1) is 19.0. The van der Waals surface area contributed by atoms with Crippen molar-refractivity contribution < 1.29 is 14.3 Å². The zero-order chi connectivity index (χ0) is 21.2. The molecule has 2 aromatic carbocycles. The standard InChI is InChI=1S/C23H18N4O3S/c24-20-12-11-19(31-20)22(28)25-21-13-29-23(30-21)15-6-2-1-5-14(15)9-10-18-16-7-3-4-8-17(16)26-27-18/h1-13,23H,24H2,(H,25,28)(H,26,27)/b10-9+. The molecule has 0 aliphatic carbocycles. The molecule has 1 aliphatic rings. The molecule has 0 radical (unpaired) electrons. The van der Waals surface area contributed by atoms with E-state index in [9.17, 15) is 4.79 Å². The minimum Gasteiger partial charge on any atom is -0.453 e. The number of carbonyl (C=O) groups excluding carboxylic acids is 1. The number of nitrogens with zero attached hydrogens (tertiary/aromatic N) is 1. The van der Waals surface area contributed by atoms with Gasteiger partial charge in [0.1, 0.15) is 6.26 Å². The monoisotopic (exact) mass is 430 g/mol. The average molecular weight is 430 g/mol. The second-order valence-corrected chi connectivity index (χ2v) is 7.96. The van der Waals surface area contributed by atoms with Gasteiger partial charge in [-0.3, -0.25) is 15.2 Å². The molecular formula is C23H18N4O3S. The van der Waals surface area contributed by atoms with Gasteiger partial charge in [-0.05, 0) is 29.8 Å². The molecule has 7 nitrogen and oxygen atoms in total. The lowest BCUT2D eigenvalue weighted by molar-refractivity contribution is -0.0371. The number of ether oxygens (including phenoxy) is 2. The highest BCUT2D eigenvalue weighted by Crippen LogP contribution is 2.31. The largest absolute Gasteiger partial charge is 0.453 e. The molecule has 0 saturated carbocycles. The zero-order valence-corrected chi connectivity index (χ0v) is 17.1. The molecule has 1 unspecified atom stereocenters. The summed E-state index contributed by atoms with van der Waals surface area (Å²) in [6, 6.07) is 19.1. The minimum atomic E-state index is -0.666. The van der Waals surface area contributed by atoms with Gasteiger partial charge in [0, 0.05) is 10.9 Å². The Kier molecular flexibility index (Phi) is 4.89. The summed E-state index contributed by atoms with van der Waals surface area (Å²) in [5, 5.41) is 11.7. The van der Waals surface area contributed by atoms with Crippen molar-refractivity contribution in [1.82, 2.24) is 15.5 Å². The molecule has 0 saturated heterocycles. The first-order valence-electron chi connectivity index (χ1n) is 9.56. The van der Waals surface area contributed by atoms with Crippen molar-refractivity contribution in [2.24, 2.45) is 0 Å². The number of rotatable bonds is 5. The molecule has 1 amide bonds. The zero-order valence-electron chi connectivity index (χ0n) is 16.2. The van der Waals surface area contributed by atoms with Crippen LogP contribution in [0.15, 0.2) is 72.8 Å². The Bertz CT molecular complexity index is 1320. The van der Waals surface area contributed by atoms with Crippen molar-refractivity contribution in [3.8, 4) is 0 Å². The number of aromatic amines is 1. The lowest BCUT2D eigenvalue weighted by Crippen LogP contribution is -2.22. The number of nitrogen functional groups attached to an aromatic ring is 1. The Morgan fingerprint density at radius 2 is 1.94 bits per heavy atom. The minimum absolute atomic E-state index is 0.249. The summed E-state index contributed by atoms with van der Waals surface area (Å²) in [5.41, 5.74) is 9.27. The number of thiophene rings is 1. The first-order valence-corrected chi connectivity index (χ1v) is 10.4. The van der Waals surface area contributed by atoms with Crippen molar-refractivity contribution >= 4 is 45.3 Å². The van der Waals surface area contributed by atoms with Gasteiger partial charge >= 0.3 is 0 Å². The predicted octanol–water partition coefficient (Wildman–Crippen LogP) is 4.65. The summed E-state index contributed by atoms with van der Waals surface area (Å²) in [5.74, 6) is -0.0464. The van der Waals surface area contributed by atoms with Crippen LogP contribution in [0.2, 0.25) is 0 Å². The summed E-state index contributed by atoms with van der Waals surface area (Å²) in [4.78, 5) is 12.8. The number of hydrogen-bond acceptors (Lipinski definition) is 6. The lowest BCUT2D eigenvalue weighted by atomic mass is 10.1. The molecule has 4 aromatic rings. The third-order valence-electron chi connectivity index (χ3n) is 4.79. The summed E-state index contributed by atoms with van der Waals surface area (Å²) < 4.78 is 11.5. The molecule has 154 valence electrons. The molecule has 2 aromatic heterocycles. The Morgan fingerprint density at radius 3 is 2.81 bits per heavy atom. The van der Waals surface area contributed by atoms with Crippen molar-refractivity contribution in [2.75, 3.05) is 5.73 Å². The van der Waals surface area contributed by atoms with Gasteiger partial charge in [-0.15, -0.1) is 11.3 Å². The Balaban J connectivity index is 1.31. The number of carbonyl (C=O) groups is 1. The Hall–Kier alpha value is -4.04. The molecular weight excluding hydrogens is 412 g/mol. The van der Waals surface area contributed by atoms with Gasteiger partial charge in [0.15, 0.2) is 0 Å². The number of hydrogen-bond donors (Lipinski definition) is 3. The number of benzene rings is 2. The molecule has 8 heteroatoms. The molecule has 1 aliphatic heterocycles. The van der Waals surface area contributed by atoms with Gasteiger partial charge in [0.05, 0.1) is 21.1 Å². The van der Waals surface area contributed by atoms with Crippen LogP contribution in [-0.2, 0) is 9.47 Å². The van der Waals surface area contributed by atoms with Gasteiger partial charge in [0.25, 0.3) is 12.2 Å². The highest BCUT2D eigenvalue weighted by atomic mass is 32.1. The topological polar surface area (TPSA) is 102 Å². The van der Waals surface area contributed by atoms with Crippen molar-refractivity contribution in [3.63, 3.8) is 0 Å². The summed E-state index contributed by atoms with van der Waals surface area (Å²) in [6.07, 6.45) is 4.65. The SMILES string of the molecule is Nc1ccc(C(=O)NC2=COC(c3ccccc3/C=C/c3n[nH]c4ccccc34)O2)s1.